The van der Waals surface area contributed by atoms with Gasteiger partial charge in [-0.3, -0.25) is 9.79 Å². The molecule has 0 saturated heterocycles. The maximum Gasteiger partial charge on any atom is 0.250 e. The van der Waals surface area contributed by atoms with Crippen LogP contribution in [0.2, 0.25) is 0 Å². The van der Waals surface area contributed by atoms with E-state index in [-0.39, 0.29) is 22.9 Å². The average Bonchev–Trinajstić information content (AvgIpc) is 2.86. The molecule has 1 aromatic heterocycles. The van der Waals surface area contributed by atoms with Gasteiger partial charge in [-0.2, -0.15) is 0 Å². The van der Waals surface area contributed by atoms with Crippen LogP contribution in [-0.4, -0.2) is 24.4 Å². The van der Waals surface area contributed by atoms with Crippen LogP contribution in [0.3, 0.4) is 0 Å². The first-order valence-corrected chi connectivity index (χ1v) is 11.4. The quantitative estimate of drug-likeness (QED) is 0.644. The fourth-order valence-electron chi connectivity index (χ4n) is 3.61. The molecule has 0 saturated carbocycles. The van der Waals surface area contributed by atoms with E-state index in [2.05, 4.69) is 0 Å². The summed E-state index contributed by atoms with van der Waals surface area (Å²) in [4.78, 5) is 16.9. The summed E-state index contributed by atoms with van der Waals surface area (Å²) in [5, 5.41) is 0. The van der Waals surface area contributed by atoms with Crippen molar-refractivity contribution in [1.82, 2.24) is 4.57 Å². The number of aromatic nitrogens is 1. The number of rotatable bonds is 4. The number of hydrogen-bond donors (Lipinski definition) is 0. The number of halogens is 1. The zero-order valence-electron chi connectivity index (χ0n) is 16.7. The molecule has 4 rings (SSSR count). The molecular formula is C23H21FN2O3S. The van der Waals surface area contributed by atoms with Crippen molar-refractivity contribution in [3.63, 3.8) is 0 Å². The Bertz CT molecular complexity index is 1320. The van der Waals surface area contributed by atoms with Gasteiger partial charge in [0.2, 0.25) is 0 Å². The highest BCUT2D eigenvalue weighted by Gasteiger charge is 2.21. The van der Waals surface area contributed by atoms with E-state index >= 15 is 0 Å². The van der Waals surface area contributed by atoms with Crippen molar-refractivity contribution < 1.29 is 12.8 Å². The minimum Gasteiger partial charge on any atom is -0.318 e. The van der Waals surface area contributed by atoms with Crippen molar-refractivity contribution in [2.45, 2.75) is 19.2 Å². The Kier molecular flexibility index (Phi) is 5.15. The van der Waals surface area contributed by atoms with Crippen LogP contribution in [0.5, 0.6) is 0 Å². The second-order valence-corrected chi connectivity index (χ2v) is 9.74. The highest BCUT2D eigenvalue weighted by atomic mass is 32.2. The molecule has 7 heteroatoms. The van der Waals surface area contributed by atoms with Gasteiger partial charge in [0.1, 0.15) is 5.82 Å². The van der Waals surface area contributed by atoms with Crippen LogP contribution in [0.1, 0.15) is 29.2 Å². The zero-order valence-corrected chi connectivity index (χ0v) is 17.5. The summed E-state index contributed by atoms with van der Waals surface area (Å²) in [6.45, 7) is 1.93. The molecule has 0 unspecified atom stereocenters. The van der Waals surface area contributed by atoms with Gasteiger partial charge in [-0.15, -0.1) is 0 Å². The first-order chi connectivity index (χ1) is 14.3. The van der Waals surface area contributed by atoms with E-state index < -0.39 is 9.84 Å². The van der Waals surface area contributed by atoms with Gasteiger partial charge in [-0.05, 0) is 47.0 Å². The van der Waals surface area contributed by atoms with Crippen LogP contribution in [0, 0.1) is 5.82 Å². The Labute approximate surface area is 174 Å². The molecule has 0 bridgehead atoms. The second-order valence-electron chi connectivity index (χ2n) is 7.39. The molecule has 5 nitrogen and oxygen atoms in total. The van der Waals surface area contributed by atoms with E-state index in [0.29, 0.717) is 17.8 Å². The third kappa shape index (κ3) is 3.85. The molecule has 1 aliphatic heterocycles. The lowest BCUT2D eigenvalue weighted by Gasteiger charge is -2.14. The zero-order chi connectivity index (χ0) is 21.5. The molecule has 2 heterocycles. The molecular weight excluding hydrogens is 403 g/mol. The van der Waals surface area contributed by atoms with Gasteiger partial charge in [-0.1, -0.05) is 19.1 Å². The summed E-state index contributed by atoms with van der Waals surface area (Å²) in [7, 11) is -1.52. The number of fused-ring (bicyclic) bond motifs is 3. The summed E-state index contributed by atoms with van der Waals surface area (Å²) >= 11 is 0. The minimum absolute atomic E-state index is 0.0547. The lowest BCUT2D eigenvalue weighted by atomic mass is 9.92. The van der Waals surface area contributed by atoms with E-state index in [4.69, 9.17) is 4.99 Å². The number of aliphatic imine (C=N–C) groups is 1. The molecule has 0 atom stereocenters. The Balaban J connectivity index is 1.95. The van der Waals surface area contributed by atoms with E-state index in [1.807, 2.05) is 12.1 Å². The van der Waals surface area contributed by atoms with Gasteiger partial charge in [0.05, 0.1) is 18.0 Å². The molecule has 3 aromatic rings. The molecule has 0 amide bonds. The van der Waals surface area contributed by atoms with E-state index in [0.717, 1.165) is 27.8 Å². The predicted molar refractivity (Wildman–Crippen MR) is 116 cm³/mol. The highest BCUT2D eigenvalue weighted by Crippen LogP contribution is 2.33. The second kappa shape index (κ2) is 7.65. The minimum atomic E-state index is -3.20. The number of aryl methyl sites for hydroxylation is 1. The van der Waals surface area contributed by atoms with E-state index in [9.17, 15) is 17.6 Å². The fourth-order valence-corrected chi connectivity index (χ4v) is 4.50. The van der Waals surface area contributed by atoms with Crippen molar-refractivity contribution in [2.24, 2.45) is 12.0 Å². The van der Waals surface area contributed by atoms with Gasteiger partial charge >= 0.3 is 0 Å². The largest absolute Gasteiger partial charge is 0.318 e. The third-order valence-corrected chi connectivity index (χ3v) is 6.95. The third-order valence-electron chi connectivity index (χ3n) is 5.29. The molecule has 2 aromatic carbocycles. The molecule has 154 valence electrons. The van der Waals surface area contributed by atoms with Crippen molar-refractivity contribution in [3.05, 3.63) is 93.2 Å². The average molecular weight is 424 g/mol. The summed E-state index contributed by atoms with van der Waals surface area (Å²) in [6.07, 6.45) is 1.76. The van der Waals surface area contributed by atoms with E-state index in [1.54, 1.807) is 44.4 Å². The van der Waals surface area contributed by atoms with Gasteiger partial charge < -0.3 is 4.57 Å². The summed E-state index contributed by atoms with van der Waals surface area (Å²) in [5.74, 6) is -0.321. The first-order valence-electron chi connectivity index (χ1n) is 9.61. The van der Waals surface area contributed by atoms with Crippen molar-refractivity contribution in [2.75, 3.05) is 5.75 Å². The van der Waals surface area contributed by atoms with Gasteiger partial charge in [0.25, 0.3) is 5.56 Å². The lowest BCUT2D eigenvalue weighted by molar-refractivity contribution is 0.596. The van der Waals surface area contributed by atoms with Gasteiger partial charge in [0, 0.05) is 41.8 Å². The van der Waals surface area contributed by atoms with Crippen molar-refractivity contribution >= 4 is 15.5 Å². The Hall–Kier alpha value is -3.06. The van der Waals surface area contributed by atoms with Crippen LogP contribution in [-0.2, 0) is 29.2 Å². The number of pyridine rings is 1. The smallest absolute Gasteiger partial charge is 0.250 e. The molecule has 0 radical (unpaired) electrons. The van der Waals surface area contributed by atoms with Gasteiger partial charge in [-0.25, -0.2) is 12.8 Å². The van der Waals surface area contributed by atoms with Crippen LogP contribution in [0.25, 0.3) is 11.1 Å². The number of sulfone groups is 1. The fraction of sp³-hybridized carbons (Fsp3) is 0.217. The Morgan fingerprint density at radius 1 is 1.03 bits per heavy atom. The summed E-state index contributed by atoms with van der Waals surface area (Å²) in [5.41, 5.74) is 5.21. The number of nitrogens with zero attached hydrogens (tertiary/aromatic N) is 2. The van der Waals surface area contributed by atoms with Gasteiger partial charge in [0.15, 0.2) is 9.84 Å². The molecule has 30 heavy (non-hydrogen) atoms. The van der Waals surface area contributed by atoms with Crippen LogP contribution >= 0.6 is 0 Å². The number of benzene rings is 2. The van der Waals surface area contributed by atoms with Crippen LogP contribution in [0.4, 0.5) is 4.39 Å². The molecule has 0 aliphatic carbocycles. The number of hydrogen-bond acceptors (Lipinski definition) is 4. The molecule has 0 N–H and O–H groups in total. The van der Waals surface area contributed by atoms with Crippen LogP contribution in [0.15, 0.2) is 64.5 Å². The normalized spacial score (nSPS) is 13.2. The molecule has 0 spiro atoms. The topological polar surface area (TPSA) is 68.5 Å². The SMILES string of the molecule is CCS(=O)(=O)Cc1ccc2c(c1)-c1cn(C)c(=O)cc1CN=C2c1ccc(F)cc1. The molecule has 0 fully saturated rings. The predicted octanol–water partition coefficient (Wildman–Crippen LogP) is 3.48. The highest BCUT2D eigenvalue weighted by molar-refractivity contribution is 7.90. The maximum atomic E-state index is 13.4. The van der Waals surface area contributed by atoms with Crippen LogP contribution < -0.4 is 5.56 Å². The summed E-state index contributed by atoms with van der Waals surface area (Å²) in [6, 6.07) is 13.2. The lowest BCUT2D eigenvalue weighted by Crippen LogP contribution is -2.16. The first kappa shape index (κ1) is 20.2. The van der Waals surface area contributed by atoms with E-state index in [1.165, 1.54) is 16.7 Å². The standard InChI is InChI=1S/C23H21FN2O3S/c1-3-30(28,29)14-15-4-9-19-20(10-15)21-13-26(2)22(27)11-17(21)12-25-23(19)16-5-7-18(24)8-6-16/h4-11,13H,3,12,14H2,1-2H3. The van der Waals surface area contributed by atoms with Crippen molar-refractivity contribution in [1.29, 1.82) is 0 Å². The van der Waals surface area contributed by atoms with Crippen molar-refractivity contribution in [3.8, 4) is 11.1 Å². The Morgan fingerprint density at radius 3 is 2.47 bits per heavy atom. The summed E-state index contributed by atoms with van der Waals surface area (Å²) < 4.78 is 39.3. The maximum absolute atomic E-state index is 13.4. The monoisotopic (exact) mass is 424 g/mol. The molecule has 1 aliphatic rings. The Morgan fingerprint density at radius 2 is 1.77 bits per heavy atom.